The van der Waals surface area contributed by atoms with E-state index in [9.17, 15) is 9.90 Å². The van der Waals surface area contributed by atoms with Crippen LogP contribution < -0.4 is 5.11 Å². The number of pyridine rings is 1. The monoisotopic (exact) mass is 198 g/mol. The van der Waals surface area contributed by atoms with Crippen LogP contribution in [-0.2, 0) is 0 Å². The lowest BCUT2D eigenvalue weighted by molar-refractivity contribution is -0.255. The molecule has 1 aromatic heterocycles. The Morgan fingerprint density at radius 3 is 2.33 bits per heavy atom. The van der Waals surface area contributed by atoms with Crippen LogP contribution in [-0.4, -0.2) is 11.0 Å². The lowest BCUT2D eigenvalue weighted by atomic mass is 10.1. The number of aromatic nitrogens is 1. The van der Waals surface area contributed by atoms with Gasteiger partial charge in [0.2, 0.25) is 0 Å². The Balaban J connectivity index is 2.36. The molecule has 0 unspecified atom stereocenters. The van der Waals surface area contributed by atoms with Gasteiger partial charge in [0.15, 0.2) is 0 Å². The van der Waals surface area contributed by atoms with E-state index in [1.54, 1.807) is 24.5 Å². The number of carbonyl (C=O) groups excluding carboxylic acids is 1. The van der Waals surface area contributed by atoms with Gasteiger partial charge in [-0.3, -0.25) is 4.98 Å². The Morgan fingerprint density at radius 2 is 1.80 bits per heavy atom. The molecule has 2 aromatic rings. The minimum absolute atomic E-state index is 0.183. The highest BCUT2D eigenvalue weighted by Crippen LogP contribution is 2.17. The summed E-state index contributed by atoms with van der Waals surface area (Å²) in [5.74, 6) is -1.16. The quantitative estimate of drug-likeness (QED) is 0.726. The molecule has 1 heterocycles. The summed E-state index contributed by atoms with van der Waals surface area (Å²) in [4.78, 5) is 14.5. The molecule has 0 aliphatic carbocycles. The van der Waals surface area contributed by atoms with E-state index in [4.69, 9.17) is 0 Å². The summed E-state index contributed by atoms with van der Waals surface area (Å²) in [7, 11) is 0. The average molecular weight is 198 g/mol. The van der Waals surface area contributed by atoms with Gasteiger partial charge in [-0.15, -0.1) is 0 Å². The number of hydrogen-bond acceptors (Lipinski definition) is 3. The summed E-state index contributed by atoms with van der Waals surface area (Å²) in [6.07, 6.45) is 3.42. The molecular weight excluding hydrogens is 190 g/mol. The van der Waals surface area contributed by atoms with Crippen molar-refractivity contribution in [2.24, 2.45) is 0 Å². The molecular formula is C12H8NO2-. The third-order valence-electron chi connectivity index (χ3n) is 2.12. The Kier molecular flexibility index (Phi) is 2.46. The Morgan fingerprint density at radius 1 is 1.07 bits per heavy atom. The van der Waals surface area contributed by atoms with Crippen molar-refractivity contribution in [3.8, 4) is 11.1 Å². The molecule has 3 heteroatoms. The molecule has 0 bridgehead atoms. The van der Waals surface area contributed by atoms with Gasteiger partial charge in [-0.2, -0.15) is 0 Å². The molecule has 0 saturated heterocycles. The number of rotatable bonds is 2. The molecule has 0 radical (unpaired) electrons. The summed E-state index contributed by atoms with van der Waals surface area (Å²) in [5, 5.41) is 10.5. The van der Waals surface area contributed by atoms with Gasteiger partial charge in [-0.05, 0) is 22.8 Å². The highest BCUT2D eigenvalue weighted by atomic mass is 16.4. The van der Waals surface area contributed by atoms with E-state index in [0.717, 1.165) is 11.1 Å². The molecule has 0 fully saturated rings. The first-order chi connectivity index (χ1) is 7.27. The Bertz CT molecular complexity index is 463. The lowest BCUT2D eigenvalue weighted by Crippen LogP contribution is -2.21. The van der Waals surface area contributed by atoms with Gasteiger partial charge in [-0.25, -0.2) is 0 Å². The van der Waals surface area contributed by atoms with Crippen LogP contribution in [0.2, 0.25) is 0 Å². The molecule has 1 aromatic carbocycles. The van der Waals surface area contributed by atoms with Gasteiger partial charge in [-0.1, -0.05) is 30.3 Å². The zero-order valence-electron chi connectivity index (χ0n) is 7.88. The molecule has 3 nitrogen and oxygen atoms in total. The number of carboxylic acids is 1. The van der Waals surface area contributed by atoms with Gasteiger partial charge in [0.1, 0.15) is 0 Å². The zero-order valence-corrected chi connectivity index (χ0v) is 7.88. The molecule has 0 N–H and O–H groups in total. The number of benzene rings is 1. The zero-order chi connectivity index (χ0) is 10.7. The summed E-state index contributed by atoms with van der Waals surface area (Å²) in [6.45, 7) is 0. The molecule has 15 heavy (non-hydrogen) atoms. The SMILES string of the molecule is O=C([O-])c1ccc(-c2cccnc2)cc1. The van der Waals surface area contributed by atoms with Gasteiger partial charge in [0.25, 0.3) is 0 Å². The second-order valence-electron chi connectivity index (χ2n) is 3.11. The van der Waals surface area contributed by atoms with Crippen molar-refractivity contribution in [1.82, 2.24) is 4.98 Å². The molecule has 0 saturated carbocycles. The lowest BCUT2D eigenvalue weighted by Gasteiger charge is -2.04. The van der Waals surface area contributed by atoms with Crippen LogP contribution in [0, 0.1) is 0 Å². The maximum Gasteiger partial charge on any atom is 0.0715 e. The maximum absolute atomic E-state index is 10.5. The summed E-state index contributed by atoms with van der Waals surface area (Å²) in [5.41, 5.74) is 2.08. The highest BCUT2D eigenvalue weighted by molar-refractivity contribution is 5.86. The fraction of sp³-hybridized carbons (Fsp3) is 0. The number of nitrogens with zero attached hydrogens (tertiary/aromatic N) is 1. The van der Waals surface area contributed by atoms with Crippen LogP contribution in [0.15, 0.2) is 48.8 Å². The van der Waals surface area contributed by atoms with Gasteiger partial charge in [0.05, 0.1) is 5.97 Å². The van der Waals surface area contributed by atoms with Crippen molar-refractivity contribution in [2.75, 3.05) is 0 Å². The third kappa shape index (κ3) is 2.02. The van der Waals surface area contributed by atoms with E-state index >= 15 is 0 Å². The molecule has 0 amide bonds. The van der Waals surface area contributed by atoms with Crippen LogP contribution in [0.3, 0.4) is 0 Å². The number of carbonyl (C=O) groups is 1. The number of hydrogen-bond donors (Lipinski definition) is 0. The van der Waals surface area contributed by atoms with Crippen molar-refractivity contribution in [3.05, 3.63) is 54.4 Å². The van der Waals surface area contributed by atoms with Crippen LogP contribution in [0.5, 0.6) is 0 Å². The fourth-order valence-electron chi connectivity index (χ4n) is 1.33. The van der Waals surface area contributed by atoms with Crippen LogP contribution in [0.1, 0.15) is 10.4 Å². The second-order valence-corrected chi connectivity index (χ2v) is 3.11. The van der Waals surface area contributed by atoms with Crippen molar-refractivity contribution in [3.63, 3.8) is 0 Å². The first kappa shape index (κ1) is 9.40. The minimum atomic E-state index is -1.16. The van der Waals surface area contributed by atoms with Crippen molar-refractivity contribution in [2.45, 2.75) is 0 Å². The summed E-state index contributed by atoms with van der Waals surface area (Å²) >= 11 is 0. The van der Waals surface area contributed by atoms with Gasteiger partial charge < -0.3 is 9.90 Å². The highest BCUT2D eigenvalue weighted by Gasteiger charge is 1.97. The molecule has 2 rings (SSSR count). The first-order valence-electron chi connectivity index (χ1n) is 4.49. The summed E-state index contributed by atoms with van der Waals surface area (Å²) < 4.78 is 0. The molecule has 74 valence electrons. The third-order valence-corrected chi connectivity index (χ3v) is 2.12. The van der Waals surface area contributed by atoms with Crippen LogP contribution in [0.25, 0.3) is 11.1 Å². The van der Waals surface area contributed by atoms with E-state index in [1.807, 2.05) is 12.1 Å². The summed E-state index contributed by atoms with van der Waals surface area (Å²) in [6, 6.07) is 10.3. The van der Waals surface area contributed by atoms with Crippen molar-refractivity contribution in [1.29, 1.82) is 0 Å². The van der Waals surface area contributed by atoms with E-state index in [0.29, 0.717) is 0 Å². The van der Waals surface area contributed by atoms with Crippen LogP contribution in [0.4, 0.5) is 0 Å². The standard InChI is InChI=1S/C12H9NO2/c14-12(15)10-5-3-9(4-6-10)11-2-1-7-13-8-11/h1-8H,(H,14,15)/p-1. The largest absolute Gasteiger partial charge is 0.545 e. The first-order valence-corrected chi connectivity index (χ1v) is 4.49. The molecule has 0 aliphatic rings. The normalized spacial score (nSPS) is 9.87. The topological polar surface area (TPSA) is 53.0 Å². The Labute approximate surface area is 87.0 Å². The fourth-order valence-corrected chi connectivity index (χ4v) is 1.33. The predicted molar refractivity (Wildman–Crippen MR) is 54.0 cm³/mol. The molecule has 0 spiro atoms. The van der Waals surface area contributed by atoms with Gasteiger partial charge in [0, 0.05) is 12.4 Å². The van der Waals surface area contributed by atoms with Crippen molar-refractivity contribution < 1.29 is 9.90 Å². The van der Waals surface area contributed by atoms with E-state index in [-0.39, 0.29) is 5.56 Å². The van der Waals surface area contributed by atoms with Gasteiger partial charge >= 0.3 is 0 Å². The van der Waals surface area contributed by atoms with Crippen LogP contribution >= 0.6 is 0 Å². The second kappa shape index (κ2) is 3.92. The maximum atomic E-state index is 10.5. The smallest absolute Gasteiger partial charge is 0.0715 e. The molecule has 0 aliphatic heterocycles. The number of carboxylic acid groups (broad SMARTS) is 1. The predicted octanol–water partition coefficient (Wildman–Crippen LogP) is 1.11. The Hall–Kier alpha value is -2.16. The molecule has 0 atom stereocenters. The van der Waals surface area contributed by atoms with Crippen molar-refractivity contribution >= 4 is 5.97 Å². The van der Waals surface area contributed by atoms with E-state index in [1.165, 1.54) is 12.1 Å². The number of aromatic carboxylic acids is 1. The van der Waals surface area contributed by atoms with E-state index < -0.39 is 5.97 Å². The average Bonchev–Trinajstić information content (AvgIpc) is 2.30. The minimum Gasteiger partial charge on any atom is -0.545 e. The van der Waals surface area contributed by atoms with E-state index in [2.05, 4.69) is 4.98 Å².